The number of benzene rings is 2. The molecule has 1 aliphatic carbocycles. The molecule has 2 N–H and O–H groups in total. The van der Waals surface area contributed by atoms with E-state index >= 15 is 0 Å². The summed E-state index contributed by atoms with van der Waals surface area (Å²) in [6.07, 6.45) is 0.806. The lowest BCUT2D eigenvalue weighted by molar-refractivity contribution is 0.534. The van der Waals surface area contributed by atoms with E-state index in [-0.39, 0.29) is 22.3 Å². The van der Waals surface area contributed by atoms with Gasteiger partial charge in [0.1, 0.15) is 16.5 Å². The predicted octanol–water partition coefficient (Wildman–Crippen LogP) is 2.99. The number of halogens is 2. The van der Waals surface area contributed by atoms with E-state index in [9.17, 15) is 13.0 Å². The van der Waals surface area contributed by atoms with Crippen LogP contribution in [0.25, 0.3) is 0 Å². The third kappa shape index (κ3) is 2.22. The Morgan fingerprint density at radius 2 is 1.85 bits per heavy atom. The van der Waals surface area contributed by atoms with Gasteiger partial charge in [0.2, 0.25) is 0 Å². The topological polar surface area (TPSA) is 43.1 Å². The summed E-state index contributed by atoms with van der Waals surface area (Å²) < 4.78 is 39.6. The quantitative estimate of drug-likeness (QED) is 0.884. The standard InChI is InChI=1S/C15H13F2NOS/c16-13-6-11(18)7-14(17)15(13)20(19)8-10-5-9-3-1-2-4-12(9)10/h1-4,6-7,10H,5,8,18H2. The lowest BCUT2D eigenvalue weighted by Gasteiger charge is -2.29. The molecular formula is C15H13F2NOS. The van der Waals surface area contributed by atoms with E-state index in [4.69, 9.17) is 5.73 Å². The SMILES string of the molecule is Nc1cc(F)c(S(=O)CC2Cc3ccccc32)c(F)c1. The van der Waals surface area contributed by atoms with Crippen molar-refractivity contribution in [1.29, 1.82) is 0 Å². The number of nitrogen functional groups attached to an aromatic ring is 1. The zero-order valence-corrected chi connectivity index (χ0v) is 11.4. The molecule has 2 nitrogen and oxygen atoms in total. The molecule has 0 bridgehead atoms. The molecule has 3 rings (SSSR count). The second-order valence-corrected chi connectivity index (χ2v) is 6.36. The smallest absolute Gasteiger partial charge is 0.144 e. The number of fused-ring (bicyclic) bond motifs is 1. The van der Waals surface area contributed by atoms with Crippen molar-refractivity contribution in [2.75, 3.05) is 11.5 Å². The van der Waals surface area contributed by atoms with Gasteiger partial charge in [-0.15, -0.1) is 0 Å². The van der Waals surface area contributed by atoms with Gasteiger partial charge in [-0.25, -0.2) is 8.78 Å². The lowest BCUT2D eigenvalue weighted by atomic mass is 9.79. The largest absolute Gasteiger partial charge is 0.399 e. The molecule has 1 aliphatic rings. The number of rotatable bonds is 3. The molecule has 20 heavy (non-hydrogen) atoms. The van der Waals surface area contributed by atoms with E-state index in [0.29, 0.717) is 0 Å². The molecule has 0 radical (unpaired) electrons. The average Bonchev–Trinajstić information content (AvgIpc) is 2.34. The monoisotopic (exact) mass is 293 g/mol. The highest BCUT2D eigenvalue weighted by atomic mass is 32.2. The summed E-state index contributed by atoms with van der Waals surface area (Å²) in [7, 11) is -1.71. The molecule has 0 aromatic heterocycles. The summed E-state index contributed by atoms with van der Waals surface area (Å²) in [6.45, 7) is 0. The molecule has 0 aliphatic heterocycles. The molecular weight excluding hydrogens is 280 g/mol. The van der Waals surface area contributed by atoms with Gasteiger partial charge in [-0.05, 0) is 29.7 Å². The maximum atomic E-state index is 13.7. The number of hydrogen-bond donors (Lipinski definition) is 1. The molecule has 0 amide bonds. The minimum atomic E-state index is -1.71. The van der Waals surface area contributed by atoms with Crippen LogP contribution in [0.5, 0.6) is 0 Å². The van der Waals surface area contributed by atoms with Gasteiger partial charge in [0.25, 0.3) is 0 Å². The molecule has 5 heteroatoms. The van der Waals surface area contributed by atoms with Gasteiger partial charge >= 0.3 is 0 Å². The summed E-state index contributed by atoms with van der Waals surface area (Å²) in [6, 6.07) is 9.86. The Balaban J connectivity index is 1.82. The van der Waals surface area contributed by atoms with Crippen LogP contribution in [0, 0.1) is 11.6 Å². The van der Waals surface area contributed by atoms with Crippen molar-refractivity contribution in [2.45, 2.75) is 17.2 Å². The summed E-state index contributed by atoms with van der Waals surface area (Å²) >= 11 is 0. The van der Waals surface area contributed by atoms with Crippen molar-refractivity contribution < 1.29 is 13.0 Å². The lowest BCUT2D eigenvalue weighted by Crippen LogP contribution is -2.23. The Morgan fingerprint density at radius 1 is 1.20 bits per heavy atom. The summed E-state index contributed by atoms with van der Waals surface area (Å²) in [4.78, 5) is -0.372. The van der Waals surface area contributed by atoms with Crippen LogP contribution in [-0.2, 0) is 17.2 Å². The van der Waals surface area contributed by atoms with Crippen LogP contribution in [-0.4, -0.2) is 9.96 Å². The predicted molar refractivity (Wildman–Crippen MR) is 74.9 cm³/mol. The van der Waals surface area contributed by atoms with Gasteiger partial charge in [0.05, 0.1) is 10.8 Å². The molecule has 2 aromatic carbocycles. The maximum Gasteiger partial charge on any atom is 0.144 e. The Labute approximate surface area is 118 Å². The van der Waals surface area contributed by atoms with E-state index in [2.05, 4.69) is 0 Å². The van der Waals surface area contributed by atoms with Gasteiger partial charge < -0.3 is 5.73 Å². The Morgan fingerprint density at radius 3 is 2.50 bits per heavy atom. The average molecular weight is 293 g/mol. The van der Waals surface area contributed by atoms with E-state index in [0.717, 1.165) is 24.1 Å². The highest BCUT2D eigenvalue weighted by molar-refractivity contribution is 7.85. The zero-order valence-electron chi connectivity index (χ0n) is 10.6. The van der Waals surface area contributed by atoms with Crippen LogP contribution >= 0.6 is 0 Å². The fraction of sp³-hybridized carbons (Fsp3) is 0.200. The first-order valence-corrected chi connectivity index (χ1v) is 7.59. The normalized spacial score (nSPS) is 18.2. The van der Waals surface area contributed by atoms with Gasteiger partial charge in [0.15, 0.2) is 0 Å². The fourth-order valence-electron chi connectivity index (χ4n) is 2.57. The first kappa shape index (κ1) is 13.2. The van der Waals surface area contributed by atoms with Gasteiger partial charge in [-0.3, -0.25) is 4.21 Å². The first-order valence-electron chi connectivity index (χ1n) is 6.27. The summed E-state index contributed by atoms with van der Waals surface area (Å²) in [5.41, 5.74) is 7.68. The van der Waals surface area contributed by atoms with Gasteiger partial charge in [0, 0.05) is 17.4 Å². The van der Waals surface area contributed by atoms with Crippen LogP contribution in [0.15, 0.2) is 41.3 Å². The molecule has 0 fully saturated rings. The number of nitrogens with two attached hydrogens (primary N) is 1. The third-order valence-electron chi connectivity index (χ3n) is 3.56. The third-order valence-corrected chi connectivity index (χ3v) is 5.11. The Hall–Kier alpha value is -1.75. The van der Waals surface area contributed by atoms with E-state index in [1.54, 1.807) is 0 Å². The number of anilines is 1. The van der Waals surface area contributed by atoms with Crippen molar-refractivity contribution in [1.82, 2.24) is 0 Å². The molecule has 0 saturated carbocycles. The van der Waals surface area contributed by atoms with E-state index in [1.165, 1.54) is 5.56 Å². The fourth-order valence-corrected chi connectivity index (χ4v) is 3.96. The van der Waals surface area contributed by atoms with Crippen molar-refractivity contribution in [3.8, 4) is 0 Å². The van der Waals surface area contributed by atoms with E-state index < -0.39 is 22.4 Å². The Bertz CT molecular complexity index is 679. The van der Waals surface area contributed by atoms with Crippen molar-refractivity contribution in [3.63, 3.8) is 0 Å². The summed E-state index contributed by atoms with van der Waals surface area (Å²) in [5, 5.41) is 0. The molecule has 2 unspecified atom stereocenters. The van der Waals surface area contributed by atoms with Crippen LogP contribution in [0.3, 0.4) is 0 Å². The van der Waals surface area contributed by atoms with Crippen LogP contribution in [0.1, 0.15) is 17.0 Å². The van der Waals surface area contributed by atoms with E-state index in [1.807, 2.05) is 24.3 Å². The summed E-state index contributed by atoms with van der Waals surface area (Å²) in [5.74, 6) is -1.35. The molecule has 2 aromatic rings. The molecule has 104 valence electrons. The number of hydrogen-bond acceptors (Lipinski definition) is 2. The molecule has 0 heterocycles. The van der Waals surface area contributed by atoms with Crippen molar-refractivity contribution in [2.24, 2.45) is 0 Å². The highest BCUT2D eigenvalue weighted by Gasteiger charge is 2.29. The Kier molecular flexibility index (Phi) is 3.30. The molecule has 0 spiro atoms. The first-order chi connectivity index (χ1) is 9.56. The van der Waals surface area contributed by atoms with Crippen molar-refractivity contribution in [3.05, 3.63) is 59.2 Å². The zero-order chi connectivity index (χ0) is 14.3. The van der Waals surface area contributed by atoms with Crippen LogP contribution < -0.4 is 5.73 Å². The van der Waals surface area contributed by atoms with Gasteiger partial charge in [-0.1, -0.05) is 24.3 Å². The van der Waals surface area contributed by atoms with Gasteiger partial charge in [-0.2, -0.15) is 0 Å². The minimum absolute atomic E-state index is 0.00487. The van der Waals surface area contributed by atoms with Crippen LogP contribution in [0.4, 0.5) is 14.5 Å². The molecule has 2 atom stereocenters. The minimum Gasteiger partial charge on any atom is -0.399 e. The van der Waals surface area contributed by atoms with Crippen molar-refractivity contribution >= 4 is 16.5 Å². The second-order valence-electron chi connectivity index (χ2n) is 4.93. The maximum absolute atomic E-state index is 13.7. The van der Waals surface area contributed by atoms with Crippen LogP contribution in [0.2, 0.25) is 0 Å². The second kappa shape index (κ2) is 4.98. The molecule has 0 saturated heterocycles. The highest BCUT2D eigenvalue weighted by Crippen LogP contribution is 2.36.